The normalized spacial score (nSPS) is 18.2. The summed E-state index contributed by atoms with van der Waals surface area (Å²) in [6.45, 7) is 2.69. The van der Waals surface area contributed by atoms with Crippen molar-refractivity contribution in [3.05, 3.63) is 29.6 Å². The number of ether oxygens (including phenoxy) is 1. The second kappa shape index (κ2) is 5.70. The molecule has 100 valence electrons. The Morgan fingerprint density at radius 2 is 2.42 bits per heavy atom. The molecule has 19 heavy (non-hydrogen) atoms. The van der Waals surface area contributed by atoms with Crippen LogP contribution in [-0.4, -0.2) is 25.2 Å². The molecule has 4 nitrogen and oxygen atoms in total. The number of hydrogen-bond acceptors (Lipinski definition) is 4. The van der Waals surface area contributed by atoms with Crippen LogP contribution in [0.15, 0.2) is 18.2 Å². The van der Waals surface area contributed by atoms with E-state index in [1.54, 1.807) is 24.0 Å². The highest BCUT2D eigenvalue weighted by molar-refractivity contribution is 5.81. The fourth-order valence-corrected chi connectivity index (χ4v) is 2.40. The molecule has 2 rings (SSSR count). The van der Waals surface area contributed by atoms with Gasteiger partial charge in [0.25, 0.3) is 0 Å². The number of nitriles is 1. The highest BCUT2D eigenvalue weighted by Gasteiger charge is 2.33. The van der Waals surface area contributed by atoms with E-state index in [1.807, 2.05) is 6.07 Å². The molecule has 1 atom stereocenters. The Morgan fingerprint density at radius 1 is 1.63 bits per heavy atom. The second-order valence-corrected chi connectivity index (χ2v) is 4.35. The van der Waals surface area contributed by atoms with Crippen molar-refractivity contribution in [2.45, 2.75) is 25.8 Å². The summed E-state index contributed by atoms with van der Waals surface area (Å²) in [4.78, 5) is 13.6. The molecule has 0 N–H and O–H groups in total. The molecule has 0 unspecified atom stereocenters. The summed E-state index contributed by atoms with van der Waals surface area (Å²) < 4.78 is 18.6. The minimum atomic E-state index is -0.561. The molecule has 1 aromatic rings. The van der Waals surface area contributed by atoms with Crippen molar-refractivity contribution < 1.29 is 13.9 Å². The maximum Gasteiger partial charge on any atom is 0.328 e. The van der Waals surface area contributed by atoms with E-state index in [1.165, 1.54) is 6.07 Å². The number of anilines is 1. The lowest BCUT2D eigenvalue weighted by Gasteiger charge is -2.26. The molecule has 5 heteroatoms. The van der Waals surface area contributed by atoms with Gasteiger partial charge in [0.05, 0.1) is 12.3 Å². The molecule has 0 saturated carbocycles. The molecule has 1 aliphatic rings. The van der Waals surface area contributed by atoms with Gasteiger partial charge < -0.3 is 9.64 Å². The third kappa shape index (κ3) is 2.53. The van der Waals surface area contributed by atoms with Crippen LogP contribution in [0.1, 0.15) is 25.3 Å². The first-order valence-electron chi connectivity index (χ1n) is 6.31. The highest BCUT2D eigenvalue weighted by atomic mass is 19.1. The van der Waals surface area contributed by atoms with Gasteiger partial charge in [0.15, 0.2) is 0 Å². The third-order valence-electron chi connectivity index (χ3n) is 3.22. The summed E-state index contributed by atoms with van der Waals surface area (Å²) in [5.74, 6) is -0.873. The van der Waals surface area contributed by atoms with E-state index in [2.05, 4.69) is 0 Å². The quantitative estimate of drug-likeness (QED) is 0.784. The number of esters is 1. The second-order valence-electron chi connectivity index (χ2n) is 4.35. The molecule has 0 aromatic heterocycles. The van der Waals surface area contributed by atoms with Crippen molar-refractivity contribution in [3.8, 4) is 6.07 Å². The number of nitrogens with zero attached hydrogens (tertiary/aromatic N) is 2. The number of halogens is 1. The van der Waals surface area contributed by atoms with Gasteiger partial charge in [0.1, 0.15) is 23.5 Å². The Balaban J connectivity index is 2.33. The fraction of sp³-hybridized carbons (Fsp3) is 0.429. The monoisotopic (exact) mass is 262 g/mol. The van der Waals surface area contributed by atoms with Gasteiger partial charge in [-0.15, -0.1) is 0 Å². The number of carbonyl (C=O) groups excluding carboxylic acids is 1. The summed E-state index contributed by atoms with van der Waals surface area (Å²) in [6.07, 6.45) is 1.49. The zero-order chi connectivity index (χ0) is 13.8. The van der Waals surface area contributed by atoms with Crippen LogP contribution in [0.5, 0.6) is 0 Å². The van der Waals surface area contributed by atoms with Crippen molar-refractivity contribution in [3.63, 3.8) is 0 Å². The lowest BCUT2D eigenvalue weighted by Crippen LogP contribution is -2.37. The van der Waals surface area contributed by atoms with E-state index in [0.29, 0.717) is 25.3 Å². The molecule has 1 aromatic carbocycles. The molecule has 0 radical (unpaired) electrons. The van der Waals surface area contributed by atoms with Crippen LogP contribution >= 0.6 is 0 Å². The maximum atomic E-state index is 13.6. The van der Waals surface area contributed by atoms with Crippen molar-refractivity contribution in [1.82, 2.24) is 0 Å². The number of carbonyl (C=O) groups is 1. The van der Waals surface area contributed by atoms with E-state index in [9.17, 15) is 9.18 Å². The van der Waals surface area contributed by atoms with Crippen LogP contribution in [0.4, 0.5) is 10.1 Å². The average molecular weight is 262 g/mol. The number of hydrogen-bond donors (Lipinski definition) is 0. The van der Waals surface area contributed by atoms with E-state index in [0.717, 1.165) is 6.42 Å². The van der Waals surface area contributed by atoms with Crippen molar-refractivity contribution >= 4 is 11.7 Å². The summed E-state index contributed by atoms with van der Waals surface area (Å²) in [5, 5.41) is 9.05. The standard InChI is InChI=1S/C14H15FN2O2/c1-2-19-14(18)13-7-4-8-17(13)12-6-3-5-11(15)10(12)9-16/h3,5-6,13H,2,4,7-8H2,1H3/t13-/m1/s1. The maximum absolute atomic E-state index is 13.6. The van der Waals surface area contributed by atoms with Crippen LogP contribution in [-0.2, 0) is 9.53 Å². The molecular formula is C14H15FN2O2. The lowest BCUT2D eigenvalue weighted by molar-refractivity contribution is -0.144. The average Bonchev–Trinajstić information content (AvgIpc) is 2.87. The first kappa shape index (κ1) is 13.3. The van der Waals surface area contributed by atoms with Gasteiger partial charge in [-0.3, -0.25) is 0 Å². The van der Waals surface area contributed by atoms with Crippen molar-refractivity contribution in [2.24, 2.45) is 0 Å². The van der Waals surface area contributed by atoms with E-state index in [4.69, 9.17) is 10.00 Å². The first-order valence-corrected chi connectivity index (χ1v) is 6.31. The highest BCUT2D eigenvalue weighted by Crippen LogP contribution is 2.30. The smallest absolute Gasteiger partial charge is 0.328 e. The SMILES string of the molecule is CCOC(=O)[C@H]1CCCN1c1cccc(F)c1C#N. The van der Waals surface area contributed by atoms with Gasteiger partial charge in [-0.2, -0.15) is 5.26 Å². The lowest BCUT2D eigenvalue weighted by atomic mass is 10.1. The molecule has 0 amide bonds. The molecule has 1 heterocycles. The Bertz CT molecular complexity index is 525. The zero-order valence-electron chi connectivity index (χ0n) is 10.7. The van der Waals surface area contributed by atoms with Gasteiger partial charge in [0.2, 0.25) is 0 Å². The molecule has 1 saturated heterocycles. The van der Waals surface area contributed by atoms with Gasteiger partial charge in [0, 0.05) is 6.54 Å². The molecular weight excluding hydrogens is 247 g/mol. The summed E-state index contributed by atoms with van der Waals surface area (Å²) in [7, 11) is 0. The van der Waals surface area contributed by atoms with Gasteiger partial charge in [-0.05, 0) is 31.9 Å². The van der Waals surface area contributed by atoms with Crippen molar-refractivity contribution in [1.29, 1.82) is 5.26 Å². The molecule has 0 bridgehead atoms. The number of benzene rings is 1. The Kier molecular flexibility index (Phi) is 4.00. The van der Waals surface area contributed by atoms with Gasteiger partial charge >= 0.3 is 5.97 Å². The predicted octanol–water partition coefficient (Wildman–Crippen LogP) is 2.23. The molecule has 1 aliphatic heterocycles. The Hall–Kier alpha value is -2.09. The third-order valence-corrected chi connectivity index (χ3v) is 3.22. The predicted molar refractivity (Wildman–Crippen MR) is 68.1 cm³/mol. The van der Waals surface area contributed by atoms with E-state index >= 15 is 0 Å². The molecule has 0 spiro atoms. The van der Waals surface area contributed by atoms with Gasteiger partial charge in [-0.1, -0.05) is 6.07 Å². The van der Waals surface area contributed by atoms with Crippen LogP contribution in [0.2, 0.25) is 0 Å². The van der Waals surface area contributed by atoms with Crippen LogP contribution in [0.25, 0.3) is 0 Å². The summed E-state index contributed by atoms with van der Waals surface area (Å²) in [5.41, 5.74) is 0.455. The van der Waals surface area contributed by atoms with Crippen LogP contribution < -0.4 is 4.90 Å². The topological polar surface area (TPSA) is 53.3 Å². The Morgan fingerprint density at radius 3 is 3.11 bits per heavy atom. The van der Waals surface area contributed by atoms with Crippen molar-refractivity contribution in [2.75, 3.05) is 18.1 Å². The minimum absolute atomic E-state index is 0.0151. The zero-order valence-corrected chi connectivity index (χ0v) is 10.7. The summed E-state index contributed by atoms with van der Waals surface area (Å²) >= 11 is 0. The van der Waals surface area contributed by atoms with Crippen LogP contribution in [0, 0.1) is 17.1 Å². The summed E-state index contributed by atoms with van der Waals surface area (Å²) in [6, 6.07) is 5.90. The van der Waals surface area contributed by atoms with E-state index < -0.39 is 11.9 Å². The van der Waals surface area contributed by atoms with Gasteiger partial charge in [-0.25, -0.2) is 9.18 Å². The Labute approximate surface area is 111 Å². The largest absolute Gasteiger partial charge is 0.464 e. The van der Waals surface area contributed by atoms with E-state index in [-0.39, 0.29) is 11.5 Å². The number of rotatable bonds is 3. The fourth-order valence-electron chi connectivity index (χ4n) is 2.40. The molecule has 1 fully saturated rings. The molecule has 0 aliphatic carbocycles. The minimum Gasteiger partial charge on any atom is -0.464 e. The first-order chi connectivity index (χ1) is 9.19. The van der Waals surface area contributed by atoms with Crippen LogP contribution in [0.3, 0.4) is 0 Å².